The van der Waals surface area contributed by atoms with Crippen LogP contribution in [0.2, 0.25) is 5.02 Å². The van der Waals surface area contributed by atoms with Crippen molar-refractivity contribution in [1.29, 1.82) is 0 Å². The number of rotatable bonds is 5. The monoisotopic (exact) mass is 387 g/mol. The molecule has 0 amide bonds. The van der Waals surface area contributed by atoms with Gasteiger partial charge in [-0.25, -0.2) is 8.42 Å². The Bertz CT molecular complexity index is 717. The van der Waals surface area contributed by atoms with Crippen molar-refractivity contribution in [1.82, 2.24) is 4.31 Å². The highest BCUT2D eigenvalue weighted by molar-refractivity contribution is 9.08. The van der Waals surface area contributed by atoms with Crippen LogP contribution in [0.3, 0.4) is 0 Å². The predicted octanol–water partition coefficient (Wildman–Crippen LogP) is 4.06. The average molecular weight is 389 g/mol. The lowest BCUT2D eigenvalue weighted by atomic mass is 10.2. The molecular weight excluding hydrogens is 374 g/mol. The summed E-state index contributed by atoms with van der Waals surface area (Å²) in [5, 5.41) is 1.26. The first kappa shape index (κ1) is 16.5. The SMILES string of the molecule is CN(Cc1ccccc1Cl)S(=O)(=O)c1ccc(CBr)cc1. The second-order valence-corrected chi connectivity index (χ2v) is 7.64. The molecule has 0 fully saturated rings. The van der Waals surface area contributed by atoms with Crippen molar-refractivity contribution in [2.45, 2.75) is 16.8 Å². The first-order valence-electron chi connectivity index (χ1n) is 6.30. The van der Waals surface area contributed by atoms with Crippen LogP contribution >= 0.6 is 27.5 Å². The van der Waals surface area contributed by atoms with Gasteiger partial charge in [-0.15, -0.1) is 0 Å². The lowest BCUT2D eigenvalue weighted by molar-refractivity contribution is 0.467. The molecule has 0 aromatic heterocycles. The van der Waals surface area contributed by atoms with Gasteiger partial charge in [-0.2, -0.15) is 4.31 Å². The molecule has 0 aliphatic carbocycles. The third-order valence-electron chi connectivity index (χ3n) is 3.14. The van der Waals surface area contributed by atoms with Crippen LogP contribution in [0.1, 0.15) is 11.1 Å². The molecule has 0 atom stereocenters. The molecular formula is C15H15BrClNO2S. The number of nitrogens with zero attached hydrogens (tertiary/aromatic N) is 1. The van der Waals surface area contributed by atoms with Gasteiger partial charge in [0, 0.05) is 23.9 Å². The standard InChI is InChI=1S/C15H15BrClNO2S/c1-18(11-13-4-2-3-5-15(13)17)21(19,20)14-8-6-12(10-16)7-9-14/h2-9H,10-11H2,1H3. The molecule has 0 radical (unpaired) electrons. The molecule has 2 aromatic carbocycles. The molecule has 2 rings (SSSR count). The molecule has 0 heterocycles. The molecule has 0 N–H and O–H groups in total. The highest BCUT2D eigenvalue weighted by Crippen LogP contribution is 2.21. The summed E-state index contributed by atoms with van der Waals surface area (Å²) in [6.45, 7) is 0.238. The van der Waals surface area contributed by atoms with E-state index in [1.54, 1.807) is 37.4 Å². The van der Waals surface area contributed by atoms with E-state index < -0.39 is 10.0 Å². The zero-order valence-electron chi connectivity index (χ0n) is 11.5. The normalized spacial score (nSPS) is 11.8. The first-order chi connectivity index (χ1) is 9.95. The second kappa shape index (κ2) is 6.92. The van der Waals surface area contributed by atoms with Crippen LogP contribution in [0.15, 0.2) is 53.4 Å². The van der Waals surface area contributed by atoms with E-state index in [2.05, 4.69) is 15.9 Å². The highest BCUT2D eigenvalue weighted by Gasteiger charge is 2.21. The summed E-state index contributed by atoms with van der Waals surface area (Å²) in [6, 6.07) is 14.1. The zero-order valence-corrected chi connectivity index (χ0v) is 14.6. The van der Waals surface area contributed by atoms with Crippen LogP contribution in [0.4, 0.5) is 0 Å². The Morgan fingerprint density at radius 1 is 1.10 bits per heavy atom. The summed E-state index contributed by atoms with van der Waals surface area (Å²) in [6.07, 6.45) is 0. The van der Waals surface area contributed by atoms with E-state index in [1.807, 2.05) is 18.2 Å². The van der Waals surface area contributed by atoms with Gasteiger partial charge >= 0.3 is 0 Å². The van der Waals surface area contributed by atoms with Gasteiger partial charge in [0.15, 0.2) is 0 Å². The summed E-state index contributed by atoms with van der Waals surface area (Å²) >= 11 is 9.42. The molecule has 0 saturated carbocycles. The predicted molar refractivity (Wildman–Crippen MR) is 89.2 cm³/mol. The maximum atomic E-state index is 12.5. The molecule has 0 saturated heterocycles. The minimum absolute atomic E-state index is 0.238. The summed E-state index contributed by atoms with van der Waals surface area (Å²) in [5.74, 6) is 0. The average Bonchev–Trinajstić information content (AvgIpc) is 2.49. The topological polar surface area (TPSA) is 37.4 Å². The molecule has 21 heavy (non-hydrogen) atoms. The van der Waals surface area contributed by atoms with Gasteiger partial charge in [0.25, 0.3) is 0 Å². The van der Waals surface area contributed by atoms with Crippen LogP contribution in [0.5, 0.6) is 0 Å². The van der Waals surface area contributed by atoms with Gasteiger partial charge in [0.2, 0.25) is 10.0 Å². The van der Waals surface area contributed by atoms with E-state index in [9.17, 15) is 8.42 Å². The van der Waals surface area contributed by atoms with Gasteiger partial charge in [0.1, 0.15) is 0 Å². The van der Waals surface area contributed by atoms with Gasteiger partial charge in [-0.05, 0) is 29.3 Å². The van der Waals surface area contributed by atoms with E-state index in [-0.39, 0.29) is 11.4 Å². The van der Waals surface area contributed by atoms with Gasteiger partial charge < -0.3 is 0 Å². The zero-order chi connectivity index (χ0) is 15.5. The summed E-state index contributed by atoms with van der Waals surface area (Å²) in [7, 11) is -1.97. The summed E-state index contributed by atoms with van der Waals surface area (Å²) < 4.78 is 26.3. The molecule has 0 bridgehead atoms. The van der Waals surface area contributed by atoms with E-state index in [0.717, 1.165) is 11.1 Å². The van der Waals surface area contributed by atoms with Gasteiger partial charge in [-0.1, -0.05) is 57.9 Å². The van der Waals surface area contributed by atoms with Crippen LogP contribution in [-0.4, -0.2) is 19.8 Å². The Labute approximate surface area is 138 Å². The number of sulfonamides is 1. The van der Waals surface area contributed by atoms with Crippen molar-refractivity contribution in [2.24, 2.45) is 0 Å². The van der Waals surface area contributed by atoms with E-state index in [0.29, 0.717) is 10.4 Å². The van der Waals surface area contributed by atoms with Crippen LogP contribution < -0.4 is 0 Å². The Morgan fingerprint density at radius 2 is 1.71 bits per heavy atom. The van der Waals surface area contributed by atoms with Crippen molar-refractivity contribution in [3.63, 3.8) is 0 Å². The lowest BCUT2D eigenvalue weighted by Gasteiger charge is -2.18. The molecule has 112 valence electrons. The Morgan fingerprint density at radius 3 is 2.29 bits per heavy atom. The van der Waals surface area contributed by atoms with Gasteiger partial charge in [0.05, 0.1) is 4.90 Å². The number of alkyl halides is 1. The fourth-order valence-electron chi connectivity index (χ4n) is 1.88. The summed E-state index contributed by atoms with van der Waals surface area (Å²) in [5.41, 5.74) is 1.81. The van der Waals surface area contributed by atoms with E-state index in [4.69, 9.17) is 11.6 Å². The fraction of sp³-hybridized carbons (Fsp3) is 0.200. The van der Waals surface area contributed by atoms with E-state index >= 15 is 0 Å². The third-order valence-corrected chi connectivity index (χ3v) is 5.97. The van der Waals surface area contributed by atoms with E-state index in [1.165, 1.54) is 4.31 Å². The lowest BCUT2D eigenvalue weighted by Crippen LogP contribution is -2.26. The Kier molecular flexibility index (Phi) is 5.43. The molecule has 0 unspecified atom stereocenters. The Hall–Kier alpha value is -0.880. The van der Waals surface area contributed by atoms with Crippen LogP contribution in [0.25, 0.3) is 0 Å². The smallest absolute Gasteiger partial charge is 0.207 e. The van der Waals surface area contributed by atoms with Crippen molar-refractivity contribution >= 4 is 37.6 Å². The summed E-state index contributed by atoms with van der Waals surface area (Å²) in [4.78, 5) is 0.279. The molecule has 0 aliphatic heterocycles. The maximum absolute atomic E-state index is 12.5. The molecule has 0 aliphatic rings. The molecule has 3 nitrogen and oxygen atoms in total. The maximum Gasteiger partial charge on any atom is 0.243 e. The fourth-order valence-corrected chi connectivity index (χ4v) is 3.60. The molecule has 0 spiro atoms. The minimum atomic E-state index is -3.52. The first-order valence-corrected chi connectivity index (χ1v) is 9.24. The molecule has 6 heteroatoms. The third kappa shape index (κ3) is 3.86. The van der Waals surface area contributed by atoms with Crippen molar-refractivity contribution in [2.75, 3.05) is 7.05 Å². The van der Waals surface area contributed by atoms with Crippen molar-refractivity contribution in [3.05, 3.63) is 64.7 Å². The number of hydrogen-bond donors (Lipinski definition) is 0. The minimum Gasteiger partial charge on any atom is -0.207 e. The molecule has 2 aromatic rings. The number of hydrogen-bond acceptors (Lipinski definition) is 2. The quantitative estimate of drug-likeness (QED) is 0.725. The second-order valence-electron chi connectivity index (χ2n) is 4.63. The highest BCUT2D eigenvalue weighted by atomic mass is 79.9. The number of benzene rings is 2. The van der Waals surface area contributed by atoms with Crippen LogP contribution in [0, 0.1) is 0 Å². The van der Waals surface area contributed by atoms with Crippen LogP contribution in [-0.2, 0) is 21.9 Å². The van der Waals surface area contributed by atoms with Crippen molar-refractivity contribution < 1.29 is 8.42 Å². The van der Waals surface area contributed by atoms with Crippen molar-refractivity contribution in [3.8, 4) is 0 Å². The number of halogens is 2. The largest absolute Gasteiger partial charge is 0.243 e. The Balaban J connectivity index is 2.24. The van der Waals surface area contributed by atoms with Gasteiger partial charge in [-0.3, -0.25) is 0 Å².